The topological polar surface area (TPSA) is 55.5 Å². The quantitative estimate of drug-likeness (QED) is 0.801. The largest absolute Gasteiger partial charge is 0.457 e. The van der Waals surface area contributed by atoms with E-state index in [1.165, 1.54) is 18.2 Å². The van der Waals surface area contributed by atoms with Crippen LogP contribution in [0, 0.1) is 5.82 Å². The first-order valence-corrected chi connectivity index (χ1v) is 5.11. The number of anilines is 1. The lowest BCUT2D eigenvalue weighted by Crippen LogP contribution is -1.91. The number of nitrogen functional groups attached to an aromatic ring is 1. The number of rotatable bonds is 3. The molecule has 88 valence electrons. The van der Waals surface area contributed by atoms with E-state index in [0.29, 0.717) is 17.2 Å². The van der Waals surface area contributed by atoms with Crippen molar-refractivity contribution in [3.63, 3.8) is 0 Å². The number of ether oxygens (including phenoxy) is 1. The van der Waals surface area contributed by atoms with Crippen molar-refractivity contribution < 1.29 is 14.2 Å². The van der Waals surface area contributed by atoms with E-state index >= 15 is 0 Å². The second kappa shape index (κ2) is 4.84. The van der Waals surface area contributed by atoms with Crippen LogP contribution in [0.3, 0.4) is 0 Å². The van der Waals surface area contributed by atoms with Crippen molar-refractivity contribution in [3.8, 4) is 11.5 Å². The molecule has 4 heteroatoms. The molecule has 3 N–H and O–H groups in total. The average Bonchev–Trinajstić information content (AvgIpc) is 2.28. The van der Waals surface area contributed by atoms with E-state index in [1.54, 1.807) is 24.3 Å². The highest BCUT2D eigenvalue weighted by Crippen LogP contribution is 2.25. The Bertz CT molecular complexity index is 508. The highest BCUT2D eigenvalue weighted by molar-refractivity contribution is 5.46. The molecule has 0 bridgehead atoms. The summed E-state index contributed by atoms with van der Waals surface area (Å²) in [4.78, 5) is 0. The lowest BCUT2D eigenvalue weighted by atomic mass is 10.2. The standard InChI is InChI=1S/C13H12FNO2/c14-10-5-11(15)7-13(6-10)17-12-3-1-2-9(4-12)8-16/h1-7,16H,8,15H2. The zero-order chi connectivity index (χ0) is 12.3. The number of aliphatic hydroxyl groups is 1. The molecule has 0 spiro atoms. The summed E-state index contributed by atoms with van der Waals surface area (Å²) in [5.41, 5.74) is 6.54. The maximum absolute atomic E-state index is 13.1. The molecular weight excluding hydrogens is 221 g/mol. The minimum Gasteiger partial charge on any atom is -0.457 e. The SMILES string of the molecule is Nc1cc(F)cc(Oc2cccc(CO)c2)c1. The second-order valence-electron chi connectivity index (χ2n) is 3.63. The molecule has 2 aromatic carbocycles. The minimum atomic E-state index is -0.446. The van der Waals surface area contributed by atoms with Gasteiger partial charge in [0, 0.05) is 17.8 Å². The summed E-state index contributed by atoms with van der Waals surface area (Å²) in [6.07, 6.45) is 0. The second-order valence-corrected chi connectivity index (χ2v) is 3.63. The normalized spacial score (nSPS) is 10.2. The van der Waals surface area contributed by atoms with Crippen LogP contribution in [-0.2, 0) is 6.61 Å². The Morgan fingerprint density at radius 1 is 1.12 bits per heavy atom. The van der Waals surface area contributed by atoms with Gasteiger partial charge in [0.15, 0.2) is 0 Å². The number of nitrogens with two attached hydrogens (primary N) is 1. The van der Waals surface area contributed by atoms with E-state index in [1.807, 2.05) is 0 Å². The summed E-state index contributed by atoms with van der Waals surface area (Å²) in [7, 11) is 0. The Kier molecular flexibility index (Phi) is 3.25. The van der Waals surface area contributed by atoms with E-state index in [4.69, 9.17) is 15.6 Å². The lowest BCUT2D eigenvalue weighted by Gasteiger charge is -2.07. The summed E-state index contributed by atoms with van der Waals surface area (Å²) in [6.45, 7) is -0.0670. The zero-order valence-corrected chi connectivity index (χ0v) is 9.06. The summed E-state index contributed by atoms with van der Waals surface area (Å²) in [6, 6.07) is 10.9. The van der Waals surface area contributed by atoms with Crippen molar-refractivity contribution in [2.24, 2.45) is 0 Å². The number of benzene rings is 2. The predicted molar refractivity (Wildman–Crippen MR) is 63.3 cm³/mol. The fourth-order valence-corrected chi connectivity index (χ4v) is 1.49. The van der Waals surface area contributed by atoms with E-state index in [9.17, 15) is 4.39 Å². The third kappa shape index (κ3) is 2.95. The van der Waals surface area contributed by atoms with Gasteiger partial charge in [-0.3, -0.25) is 0 Å². The van der Waals surface area contributed by atoms with Gasteiger partial charge in [0.25, 0.3) is 0 Å². The molecule has 0 atom stereocenters. The molecular formula is C13H12FNO2. The van der Waals surface area contributed by atoms with Crippen LogP contribution >= 0.6 is 0 Å². The molecule has 0 saturated carbocycles. The van der Waals surface area contributed by atoms with Gasteiger partial charge in [-0.1, -0.05) is 12.1 Å². The van der Waals surface area contributed by atoms with Gasteiger partial charge in [0.05, 0.1) is 6.61 Å². The van der Waals surface area contributed by atoms with Crippen LogP contribution in [0.15, 0.2) is 42.5 Å². The molecule has 2 aromatic rings. The van der Waals surface area contributed by atoms with Gasteiger partial charge in [0.2, 0.25) is 0 Å². The van der Waals surface area contributed by atoms with Crippen LogP contribution in [0.2, 0.25) is 0 Å². The highest BCUT2D eigenvalue weighted by Gasteiger charge is 2.02. The Morgan fingerprint density at radius 2 is 1.94 bits per heavy atom. The van der Waals surface area contributed by atoms with Gasteiger partial charge in [-0.25, -0.2) is 4.39 Å². The van der Waals surface area contributed by atoms with E-state index in [-0.39, 0.29) is 6.61 Å². The monoisotopic (exact) mass is 233 g/mol. The Morgan fingerprint density at radius 3 is 2.65 bits per heavy atom. The van der Waals surface area contributed by atoms with Crippen LogP contribution in [0.1, 0.15) is 5.56 Å². The van der Waals surface area contributed by atoms with Gasteiger partial charge < -0.3 is 15.6 Å². The third-order valence-electron chi connectivity index (χ3n) is 2.21. The predicted octanol–water partition coefficient (Wildman–Crippen LogP) is 2.69. The molecule has 0 aliphatic carbocycles. The van der Waals surface area contributed by atoms with Crippen molar-refractivity contribution in [2.75, 3.05) is 5.73 Å². The van der Waals surface area contributed by atoms with Gasteiger partial charge in [0.1, 0.15) is 17.3 Å². The minimum absolute atomic E-state index is 0.0670. The Hall–Kier alpha value is -2.07. The molecule has 0 saturated heterocycles. The van der Waals surface area contributed by atoms with Crippen molar-refractivity contribution in [2.45, 2.75) is 6.61 Å². The van der Waals surface area contributed by atoms with E-state index in [0.717, 1.165) is 5.56 Å². The number of hydrogen-bond acceptors (Lipinski definition) is 3. The van der Waals surface area contributed by atoms with Crippen molar-refractivity contribution in [1.29, 1.82) is 0 Å². The molecule has 0 heterocycles. The molecule has 0 aromatic heterocycles. The Labute approximate surface area is 98.3 Å². The van der Waals surface area contributed by atoms with Crippen molar-refractivity contribution in [1.82, 2.24) is 0 Å². The molecule has 0 unspecified atom stereocenters. The van der Waals surface area contributed by atoms with Gasteiger partial charge in [-0.15, -0.1) is 0 Å². The fourth-order valence-electron chi connectivity index (χ4n) is 1.49. The first kappa shape index (κ1) is 11.4. The Balaban J connectivity index is 2.24. The molecule has 0 aliphatic rings. The third-order valence-corrected chi connectivity index (χ3v) is 2.21. The number of aliphatic hydroxyl groups excluding tert-OH is 1. The lowest BCUT2D eigenvalue weighted by molar-refractivity contribution is 0.281. The molecule has 17 heavy (non-hydrogen) atoms. The van der Waals surface area contributed by atoms with E-state index in [2.05, 4.69) is 0 Å². The molecule has 0 radical (unpaired) electrons. The summed E-state index contributed by atoms with van der Waals surface area (Å²) in [5, 5.41) is 8.98. The van der Waals surface area contributed by atoms with Crippen LogP contribution in [-0.4, -0.2) is 5.11 Å². The van der Waals surface area contributed by atoms with Gasteiger partial charge in [-0.05, 0) is 23.8 Å². The zero-order valence-electron chi connectivity index (χ0n) is 9.06. The maximum Gasteiger partial charge on any atom is 0.132 e. The van der Waals surface area contributed by atoms with Crippen molar-refractivity contribution >= 4 is 5.69 Å². The number of halogens is 1. The summed E-state index contributed by atoms with van der Waals surface area (Å²) < 4.78 is 18.5. The first-order valence-electron chi connectivity index (χ1n) is 5.11. The smallest absolute Gasteiger partial charge is 0.132 e. The summed E-state index contributed by atoms with van der Waals surface area (Å²) in [5.74, 6) is 0.414. The summed E-state index contributed by atoms with van der Waals surface area (Å²) >= 11 is 0. The van der Waals surface area contributed by atoms with Crippen LogP contribution in [0.4, 0.5) is 10.1 Å². The fraction of sp³-hybridized carbons (Fsp3) is 0.0769. The maximum atomic E-state index is 13.1. The van der Waals surface area contributed by atoms with Crippen LogP contribution in [0.25, 0.3) is 0 Å². The molecule has 0 amide bonds. The molecule has 2 rings (SSSR count). The molecule has 0 fully saturated rings. The molecule has 3 nitrogen and oxygen atoms in total. The van der Waals surface area contributed by atoms with Crippen LogP contribution in [0.5, 0.6) is 11.5 Å². The molecule has 0 aliphatic heterocycles. The average molecular weight is 233 g/mol. The highest BCUT2D eigenvalue weighted by atomic mass is 19.1. The van der Waals surface area contributed by atoms with Gasteiger partial charge >= 0.3 is 0 Å². The first-order chi connectivity index (χ1) is 8.17. The van der Waals surface area contributed by atoms with Crippen LogP contribution < -0.4 is 10.5 Å². The van der Waals surface area contributed by atoms with Crippen molar-refractivity contribution in [3.05, 3.63) is 53.8 Å². The van der Waals surface area contributed by atoms with E-state index < -0.39 is 5.82 Å². The van der Waals surface area contributed by atoms with Gasteiger partial charge in [-0.2, -0.15) is 0 Å². The number of hydrogen-bond donors (Lipinski definition) is 2.